The van der Waals surface area contributed by atoms with Crippen LogP contribution >= 0.6 is 23.2 Å². The maximum Gasteiger partial charge on any atom is 0.141 e. The van der Waals surface area contributed by atoms with E-state index in [0.717, 1.165) is 22.4 Å². The summed E-state index contributed by atoms with van der Waals surface area (Å²) in [6.07, 6.45) is 0.675. The Morgan fingerprint density at radius 2 is 1.86 bits per heavy atom. The first-order chi connectivity index (χ1) is 10.2. The number of aliphatic hydroxyl groups is 1. The lowest BCUT2D eigenvalue weighted by molar-refractivity contribution is 0.281. The van der Waals surface area contributed by atoms with E-state index in [1.165, 1.54) is 0 Å². The van der Waals surface area contributed by atoms with Gasteiger partial charge in [-0.15, -0.1) is 0 Å². The van der Waals surface area contributed by atoms with Gasteiger partial charge in [-0.1, -0.05) is 35.3 Å². The Kier molecular flexibility index (Phi) is 4.15. The molecule has 1 aromatic heterocycles. The standard InChI is InChI=1S/C16H14Cl2N2O/c17-12-7-6-11(10-13(12)18)16-19-14-4-1-2-5-15(14)20(16)8-3-9-21/h1-2,4-7,10,21H,3,8-9H2. The van der Waals surface area contributed by atoms with Gasteiger partial charge >= 0.3 is 0 Å². The van der Waals surface area contributed by atoms with Crippen LogP contribution in [-0.4, -0.2) is 21.3 Å². The van der Waals surface area contributed by atoms with Gasteiger partial charge in [0.1, 0.15) is 5.82 Å². The molecule has 5 heteroatoms. The van der Waals surface area contributed by atoms with Crippen molar-refractivity contribution >= 4 is 34.2 Å². The molecule has 0 saturated carbocycles. The molecule has 0 amide bonds. The monoisotopic (exact) mass is 320 g/mol. The molecule has 0 bridgehead atoms. The third kappa shape index (κ3) is 2.77. The van der Waals surface area contributed by atoms with Gasteiger partial charge in [0.25, 0.3) is 0 Å². The number of aromatic nitrogens is 2. The van der Waals surface area contributed by atoms with E-state index in [9.17, 15) is 0 Å². The van der Waals surface area contributed by atoms with Crippen molar-refractivity contribution in [2.75, 3.05) is 6.61 Å². The molecular weight excluding hydrogens is 307 g/mol. The van der Waals surface area contributed by atoms with Crippen LogP contribution in [-0.2, 0) is 6.54 Å². The highest BCUT2D eigenvalue weighted by molar-refractivity contribution is 6.42. The first-order valence-electron chi connectivity index (χ1n) is 6.72. The Morgan fingerprint density at radius 1 is 1.05 bits per heavy atom. The van der Waals surface area contributed by atoms with Gasteiger partial charge in [-0.25, -0.2) is 4.98 Å². The van der Waals surface area contributed by atoms with Gasteiger partial charge in [-0.2, -0.15) is 0 Å². The van der Waals surface area contributed by atoms with Crippen LogP contribution in [0.2, 0.25) is 10.0 Å². The zero-order valence-corrected chi connectivity index (χ0v) is 12.8. The summed E-state index contributed by atoms with van der Waals surface area (Å²) in [5.74, 6) is 0.836. The molecule has 0 atom stereocenters. The summed E-state index contributed by atoms with van der Waals surface area (Å²) in [6.45, 7) is 0.847. The van der Waals surface area contributed by atoms with Gasteiger partial charge in [0.15, 0.2) is 0 Å². The second-order valence-electron chi connectivity index (χ2n) is 4.78. The van der Waals surface area contributed by atoms with Crippen molar-refractivity contribution in [3.8, 4) is 11.4 Å². The average Bonchev–Trinajstić information content (AvgIpc) is 2.86. The summed E-state index contributed by atoms with van der Waals surface area (Å²) in [5.41, 5.74) is 2.89. The number of nitrogens with zero attached hydrogens (tertiary/aromatic N) is 2. The molecule has 3 nitrogen and oxygen atoms in total. The molecule has 21 heavy (non-hydrogen) atoms. The summed E-state index contributed by atoms with van der Waals surface area (Å²) < 4.78 is 2.10. The molecule has 108 valence electrons. The number of fused-ring (bicyclic) bond motifs is 1. The van der Waals surface area contributed by atoms with Gasteiger partial charge in [0, 0.05) is 18.7 Å². The van der Waals surface area contributed by atoms with Crippen LogP contribution in [0, 0.1) is 0 Å². The van der Waals surface area contributed by atoms with Gasteiger partial charge < -0.3 is 9.67 Å². The van der Waals surface area contributed by atoms with E-state index in [-0.39, 0.29) is 6.61 Å². The highest BCUT2D eigenvalue weighted by Crippen LogP contribution is 2.30. The van der Waals surface area contributed by atoms with Gasteiger partial charge in [0.05, 0.1) is 21.1 Å². The third-order valence-corrected chi connectivity index (χ3v) is 4.11. The topological polar surface area (TPSA) is 38.0 Å². The zero-order valence-electron chi connectivity index (χ0n) is 11.3. The Labute approximate surface area is 132 Å². The number of halogens is 2. The van der Waals surface area contributed by atoms with Crippen LogP contribution in [0.15, 0.2) is 42.5 Å². The third-order valence-electron chi connectivity index (χ3n) is 3.37. The molecule has 0 aliphatic carbocycles. The predicted molar refractivity (Wildman–Crippen MR) is 86.9 cm³/mol. The number of hydrogen-bond acceptors (Lipinski definition) is 2. The van der Waals surface area contributed by atoms with Gasteiger partial charge in [-0.3, -0.25) is 0 Å². The number of rotatable bonds is 4. The molecule has 0 radical (unpaired) electrons. The summed E-state index contributed by atoms with van der Waals surface area (Å²) in [7, 11) is 0. The summed E-state index contributed by atoms with van der Waals surface area (Å²) in [5, 5.41) is 10.1. The molecular formula is C16H14Cl2N2O. The van der Waals surface area contributed by atoms with E-state index in [0.29, 0.717) is 23.0 Å². The summed E-state index contributed by atoms with van der Waals surface area (Å²) in [4.78, 5) is 4.69. The van der Waals surface area contributed by atoms with E-state index in [2.05, 4.69) is 9.55 Å². The number of imidazole rings is 1. The fraction of sp³-hybridized carbons (Fsp3) is 0.188. The normalized spacial score (nSPS) is 11.2. The lowest BCUT2D eigenvalue weighted by atomic mass is 10.2. The Bertz CT molecular complexity index is 783. The SMILES string of the molecule is OCCCn1c(-c2ccc(Cl)c(Cl)c2)nc2ccccc21. The number of benzene rings is 2. The Balaban J connectivity index is 2.17. The fourth-order valence-electron chi connectivity index (χ4n) is 2.39. The van der Waals surface area contributed by atoms with E-state index >= 15 is 0 Å². The fourth-order valence-corrected chi connectivity index (χ4v) is 2.68. The van der Waals surface area contributed by atoms with Gasteiger partial charge in [0.2, 0.25) is 0 Å². The molecule has 0 spiro atoms. The lowest BCUT2D eigenvalue weighted by Crippen LogP contribution is -2.02. The van der Waals surface area contributed by atoms with Crippen LogP contribution in [0.3, 0.4) is 0 Å². The van der Waals surface area contributed by atoms with E-state index < -0.39 is 0 Å². The van der Waals surface area contributed by atoms with E-state index in [1.807, 2.05) is 36.4 Å². The van der Waals surface area contributed by atoms with Crippen molar-refractivity contribution in [2.45, 2.75) is 13.0 Å². The second-order valence-corrected chi connectivity index (χ2v) is 5.60. The second kappa shape index (κ2) is 6.06. The van der Waals surface area contributed by atoms with Crippen molar-refractivity contribution in [3.63, 3.8) is 0 Å². The Hall–Kier alpha value is -1.55. The highest BCUT2D eigenvalue weighted by Gasteiger charge is 2.13. The maximum absolute atomic E-state index is 9.11. The number of aliphatic hydroxyl groups excluding tert-OH is 1. The first kappa shape index (κ1) is 14.4. The van der Waals surface area contributed by atoms with Crippen molar-refractivity contribution < 1.29 is 5.11 Å². The largest absolute Gasteiger partial charge is 0.396 e. The van der Waals surface area contributed by atoms with Crippen molar-refractivity contribution in [2.24, 2.45) is 0 Å². The maximum atomic E-state index is 9.11. The molecule has 0 unspecified atom stereocenters. The summed E-state index contributed by atoms with van der Waals surface area (Å²) in [6, 6.07) is 13.5. The smallest absolute Gasteiger partial charge is 0.141 e. The zero-order chi connectivity index (χ0) is 14.8. The molecule has 0 aliphatic heterocycles. The lowest BCUT2D eigenvalue weighted by Gasteiger charge is -2.09. The number of hydrogen-bond donors (Lipinski definition) is 1. The molecule has 0 fully saturated rings. The molecule has 3 aromatic rings. The van der Waals surface area contributed by atoms with Crippen molar-refractivity contribution in [1.82, 2.24) is 9.55 Å². The van der Waals surface area contributed by atoms with Crippen LogP contribution in [0.5, 0.6) is 0 Å². The quantitative estimate of drug-likeness (QED) is 0.774. The minimum atomic E-state index is 0.146. The molecule has 1 heterocycles. The number of aryl methyl sites for hydroxylation is 1. The van der Waals surface area contributed by atoms with E-state index in [4.69, 9.17) is 28.3 Å². The van der Waals surface area contributed by atoms with Crippen LogP contribution in [0.25, 0.3) is 22.4 Å². The minimum Gasteiger partial charge on any atom is -0.396 e. The minimum absolute atomic E-state index is 0.146. The Morgan fingerprint density at radius 3 is 2.62 bits per heavy atom. The van der Waals surface area contributed by atoms with Gasteiger partial charge in [-0.05, 0) is 36.8 Å². The van der Waals surface area contributed by atoms with Crippen LogP contribution < -0.4 is 0 Å². The highest BCUT2D eigenvalue weighted by atomic mass is 35.5. The molecule has 2 aromatic carbocycles. The van der Waals surface area contributed by atoms with Crippen molar-refractivity contribution in [3.05, 3.63) is 52.5 Å². The first-order valence-corrected chi connectivity index (χ1v) is 7.48. The summed E-state index contributed by atoms with van der Waals surface area (Å²) >= 11 is 12.1. The van der Waals surface area contributed by atoms with Crippen molar-refractivity contribution in [1.29, 1.82) is 0 Å². The molecule has 1 N–H and O–H groups in total. The average molecular weight is 321 g/mol. The molecule has 3 rings (SSSR count). The number of para-hydroxylation sites is 2. The molecule has 0 saturated heterocycles. The predicted octanol–water partition coefficient (Wildman–Crippen LogP) is 4.39. The van der Waals surface area contributed by atoms with E-state index in [1.54, 1.807) is 6.07 Å². The van der Waals surface area contributed by atoms with Crippen LogP contribution in [0.1, 0.15) is 6.42 Å². The van der Waals surface area contributed by atoms with Crippen LogP contribution in [0.4, 0.5) is 0 Å². The molecule has 0 aliphatic rings.